The van der Waals surface area contributed by atoms with Crippen LogP contribution in [-0.4, -0.2) is 10.9 Å². The number of ketones is 1. The van der Waals surface area contributed by atoms with Crippen molar-refractivity contribution < 1.29 is 9.90 Å². The fourth-order valence-electron chi connectivity index (χ4n) is 2.40. The number of phenols is 1. The summed E-state index contributed by atoms with van der Waals surface area (Å²) < 4.78 is 0. The monoisotopic (exact) mass is 262 g/mol. The molecule has 1 rings (SSSR count). The van der Waals surface area contributed by atoms with E-state index in [4.69, 9.17) is 0 Å². The van der Waals surface area contributed by atoms with Crippen LogP contribution in [-0.2, 0) is 0 Å². The number of carbonyl (C=O) groups excluding carboxylic acids is 1. The van der Waals surface area contributed by atoms with Gasteiger partial charge in [0.25, 0.3) is 0 Å². The van der Waals surface area contributed by atoms with Gasteiger partial charge in [0.2, 0.25) is 0 Å². The lowest BCUT2D eigenvalue weighted by Crippen LogP contribution is -2.03. The molecule has 0 aromatic heterocycles. The van der Waals surface area contributed by atoms with Crippen LogP contribution in [0.4, 0.5) is 0 Å². The maximum absolute atomic E-state index is 12.2. The highest BCUT2D eigenvalue weighted by Crippen LogP contribution is 2.28. The van der Waals surface area contributed by atoms with Crippen LogP contribution < -0.4 is 0 Å². The van der Waals surface area contributed by atoms with Crippen molar-refractivity contribution in [1.29, 1.82) is 0 Å². The Morgan fingerprint density at radius 1 is 1.21 bits per heavy atom. The lowest BCUT2D eigenvalue weighted by molar-refractivity contribution is 0.0976. The molecule has 0 saturated carbocycles. The van der Waals surface area contributed by atoms with Gasteiger partial charge in [0.1, 0.15) is 5.75 Å². The maximum Gasteiger partial charge on any atom is 0.166 e. The SMILES string of the molecule is CCCCCCC(=O)c1cc(C(C)C)c(C)cc1O. The second-order valence-electron chi connectivity index (χ2n) is 5.61. The van der Waals surface area contributed by atoms with Crippen molar-refractivity contribution in [2.45, 2.75) is 65.7 Å². The van der Waals surface area contributed by atoms with E-state index in [1.807, 2.05) is 13.0 Å². The van der Waals surface area contributed by atoms with Crippen molar-refractivity contribution in [1.82, 2.24) is 0 Å². The number of aryl methyl sites for hydroxylation is 1. The summed E-state index contributed by atoms with van der Waals surface area (Å²) in [5, 5.41) is 9.95. The molecule has 0 aliphatic heterocycles. The van der Waals surface area contributed by atoms with Crippen LogP contribution in [0.3, 0.4) is 0 Å². The fraction of sp³-hybridized carbons (Fsp3) is 0.588. The number of phenolic OH excluding ortho intramolecular Hbond substituents is 1. The highest BCUT2D eigenvalue weighted by Gasteiger charge is 2.15. The minimum absolute atomic E-state index is 0.0653. The second kappa shape index (κ2) is 7.32. The fourth-order valence-corrected chi connectivity index (χ4v) is 2.40. The van der Waals surface area contributed by atoms with Crippen LogP contribution >= 0.6 is 0 Å². The van der Waals surface area contributed by atoms with Gasteiger partial charge in [0, 0.05) is 6.42 Å². The Balaban J connectivity index is 2.81. The van der Waals surface area contributed by atoms with E-state index in [0.717, 1.165) is 24.0 Å². The standard InChI is InChI=1S/C17H26O2/c1-5-6-7-8-9-16(18)15-11-14(12(2)3)13(4)10-17(15)19/h10-12,19H,5-9H2,1-4H3. The van der Waals surface area contributed by atoms with Crippen LogP contribution in [0, 0.1) is 6.92 Å². The third-order valence-electron chi connectivity index (χ3n) is 3.56. The summed E-state index contributed by atoms with van der Waals surface area (Å²) in [6.07, 6.45) is 4.88. The molecule has 2 heteroatoms. The summed E-state index contributed by atoms with van der Waals surface area (Å²) in [5.74, 6) is 0.560. The van der Waals surface area contributed by atoms with Crippen molar-refractivity contribution in [2.75, 3.05) is 0 Å². The number of hydrogen-bond acceptors (Lipinski definition) is 2. The van der Waals surface area contributed by atoms with Crippen molar-refractivity contribution >= 4 is 5.78 Å². The number of hydrogen-bond donors (Lipinski definition) is 1. The van der Waals surface area contributed by atoms with E-state index in [-0.39, 0.29) is 11.5 Å². The third-order valence-corrected chi connectivity index (χ3v) is 3.56. The van der Waals surface area contributed by atoms with Gasteiger partial charge < -0.3 is 5.11 Å². The normalized spacial score (nSPS) is 11.0. The van der Waals surface area contributed by atoms with Gasteiger partial charge in [-0.2, -0.15) is 0 Å². The molecule has 0 radical (unpaired) electrons. The van der Waals surface area contributed by atoms with Gasteiger partial charge in [-0.3, -0.25) is 4.79 Å². The summed E-state index contributed by atoms with van der Waals surface area (Å²) in [6, 6.07) is 3.59. The first kappa shape index (κ1) is 15.7. The molecule has 1 aromatic carbocycles. The third kappa shape index (κ3) is 4.38. The average molecular weight is 262 g/mol. The highest BCUT2D eigenvalue weighted by atomic mass is 16.3. The minimum atomic E-state index is 0.0653. The lowest BCUT2D eigenvalue weighted by atomic mass is 9.93. The van der Waals surface area contributed by atoms with E-state index in [2.05, 4.69) is 20.8 Å². The van der Waals surface area contributed by atoms with Gasteiger partial charge in [-0.15, -0.1) is 0 Å². The molecule has 0 atom stereocenters. The molecule has 0 fully saturated rings. The highest BCUT2D eigenvalue weighted by molar-refractivity contribution is 5.98. The molecule has 0 spiro atoms. The van der Waals surface area contributed by atoms with E-state index in [9.17, 15) is 9.90 Å². The number of Topliss-reactive ketones (excluding diaryl/α,β-unsaturated/α-hetero) is 1. The van der Waals surface area contributed by atoms with Crippen LogP contribution in [0.25, 0.3) is 0 Å². The van der Waals surface area contributed by atoms with Crippen molar-refractivity contribution in [2.24, 2.45) is 0 Å². The second-order valence-corrected chi connectivity index (χ2v) is 5.61. The smallest absolute Gasteiger partial charge is 0.166 e. The Morgan fingerprint density at radius 2 is 1.89 bits per heavy atom. The largest absolute Gasteiger partial charge is 0.507 e. The van der Waals surface area contributed by atoms with E-state index in [1.54, 1.807) is 6.07 Å². The van der Waals surface area contributed by atoms with Gasteiger partial charge >= 0.3 is 0 Å². The van der Waals surface area contributed by atoms with Crippen LogP contribution in [0.1, 0.15) is 80.3 Å². The molecular weight excluding hydrogens is 236 g/mol. The molecule has 2 nitrogen and oxygen atoms in total. The van der Waals surface area contributed by atoms with E-state index < -0.39 is 0 Å². The molecular formula is C17H26O2. The van der Waals surface area contributed by atoms with Crippen LogP contribution in [0.15, 0.2) is 12.1 Å². The van der Waals surface area contributed by atoms with Crippen LogP contribution in [0.5, 0.6) is 5.75 Å². The number of unbranched alkanes of at least 4 members (excludes halogenated alkanes) is 3. The van der Waals surface area contributed by atoms with Gasteiger partial charge in [0.15, 0.2) is 5.78 Å². The quantitative estimate of drug-likeness (QED) is 0.556. The van der Waals surface area contributed by atoms with Gasteiger partial charge in [0.05, 0.1) is 5.56 Å². The van der Waals surface area contributed by atoms with Crippen molar-refractivity contribution in [3.8, 4) is 5.75 Å². The molecule has 19 heavy (non-hydrogen) atoms. The topological polar surface area (TPSA) is 37.3 Å². The first-order chi connectivity index (χ1) is 8.97. The Labute approximate surface area is 116 Å². The van der Waals surface area contributed by atoms with Crippen molar-refractivity contribution in [3.05, 3.63) is 28.8 Å². The molecule has 0 bridgehead atoms. The Bertz CT molecular complexity index is 433. The molecule has 1 N–H and O–H groups in total. The molecule has 0 aliphatic rings. The molecule has 0 saturated heterocycles. The molecule has 1 aromatic rings. The summed E-state index contributed by atoms with van der Waals surface area (Å²) >= 11 is 0. The first-order valence-corrected chi connectivity index (χ1v) is 7.34. The number of carbonyl (C=O) groups is 1. The molecule has 106 valence electrons. The summed E-state index contributed by atoms with van der Waals surface area (Å²) in [6.45, 7) is 8.34. The first-order valence-electron chi connectivity index (χ1n) is 7.34. The Kier molecular flexibility index (Phi) is 6.07. The number of benzene rings is 1. The Morgan fingerprint density at radius 3 is 2.47 bits per heavy atom. The summed E-state index contributed by atoms with van der Waals surface area (Å²) in [4.78, 5) is 12.2. The zero-order valence-corrected chi connectivity index (χ0v) is 12.6. The van der Waals surface area contributed by atoms with Crippen LogP contribution in [0.2, 0.25) is 0 Å². The summed E-state index contributed by atoms with van der Waals surface area (Å²) in [7, 11) is 0. The Hall–Kier alpha value is -1.31. The zero-order chi connectivity index (χ0) is 14.4. The van der Waals surface area contributed by atoms with E-state index >= 15 is 0 Å². The predicted molar refractivity (Wildman–Crippen MR) is 80.0 cm³/mol. The van der Waals surface area contributed by atoms with Crippen molar-refractivity contribution in [3.63, 3.8) is 0 Å². The van der Waals surface area contributed by atoms with Gasteiger partial charge in [-0.05, 0) is 42.5 Å². The minimum Gasteiger partial charge on any atom is -0.507 e. The molecule has 0 aliphatic carbocycles. The van der Waals surface area contributed by atoms with E-state index in [1.165, 1.54) is 12.8 Å². The molecule has 0 unspecified atom stereocenters. The average Bonchev–Trinajstić information content (AvgIpc) is 2.34. The number of aromatic hydroxyl groups is 1. The predicted octanol–water partition coefficient (Wildman–Crippen LogP) is 4.98. The zero-order valence-electron chi connectivity index (χ0n) is 12.6. The summed E-state index contributed by atoms with van der Waals surface area (Å²) in [5.41, 5.74) is 2.69. The molecule has 0 heterocycles. The van der Waals surface area contributed by atoms with Gasteiger partial charge in [-0.1, -0.05) is 40.0 Å². The van der Waals surface area contributed by atoms with E-state index in [0.29, 0.717) is 17.9 Å². The maximum atomic E-state index is 12.2. The number of rotatable bonds is 7. The molecule has 0 amide bonds. The lowest BCUT2D eigenvalue weighted by Gasteiger charge is -2.13. The van der Waals surface area contributed by atoms with Gasteiger partial charge in [-0.25, -0.2) is 0 Å².